The molecule has 0 fully saturated rings. The molecule has 1 N–H and O–H groups in total. The number of pyridine rings is 1. The first kappa shape index (κ1) is 15.0. The maximum absolute atomic E-state index is 12.1. The Bertz CT molecular complexity index is 584. The van der Waals surface area contributed by atoms with E-state index in [0.717, 1.165) is 23.4 Å². The summed E-state index contributed by atoms with van der Waals surface area (Å²) in [6.07, 6.45) is 2.04. The molecule has 0 bridgehead atoms. The number of benzene rings is 1. The summed E-state index contributed by atoms with van der Waals surface area (Å²) in [6.45, 7) is 4.22. The van der Waals surface area contributed by atoms with Gasteiger partial charge in [0.25, 0.3) is 5.91 Å². The molecule has 0 spiro atoms. The first-order valence-electron chi connectivity index (χ1n) is 7.13. The van der Waals surface area contributed by atoms with Crippen molar-refractivity contribution in [3.05, 3.63) is 59.9 Å². The second-order valence-corrected chi connectivity index (χ2v) is 4.76. The highest BCUT2D eigenvalue weighted by Crippen LogP contribution is 2.19. The quantitative estimate of drug-likeness (QED) is 0.887. The Hall–Kier alpha value is -2.36. The summed E-state index contributed by atoms with van der Waals surface area (Å²) in [5.41, 5.74) is 1.92. The fraction of sp³-hybridized carbons (Fsp3) is 0.294. The second kappa shape index (κ2) is 7.43. The van der Waals surface area contributed by atoms with E-state index >= 15 is 0 Å². The highest BCUT2D eigenvalue weighted by atomic mass is 16.5. The number of para-hydroxylation sites is 1. The largest absolute Gasteiger partial charge is 0.481 e. The van der Waals surface area contributed by atoms with Gasteiger partial charge in [-0.2, -0.15) is 0 Å². The van der Waals surface area contributed by atoms with Gasteiger partial charge in [-0.15, -0.1) is 0 Å². The maximum Gasteiger partial charge on any atom is 0.261 e. The lowest BCUT2D eigenvalue weighted by Crippen LogP contribution is -2.36. The normalized spacial score (nSPS) is 11.7. The van der Waals surface area contributed by atoms with Crippen molar-refractivity contribution < 1.29 is 9.53 Å². The molecule has 0 unspecified atom stereocenters. The van der Waals surface area contributed by atoms with E-state index < -0.39 is 6.10 Å². The third-order valence-electron chi connectivity index (χ3n) is 3.20. The summed E-state index contributed by atoms with van der Waals surface area (Å²) in [6, 6.07) is 13.4. The Kier molecular flexibility index (Phi) is 5.32. The lowest BCUT2D eigenvalue weighted by Gasteiger charge is -2.16. The summed E-state index contributed by atoms with van der Waals surface area (Å²) in [4.78, 5) is 16.2. The molecule has 0 radical (unpaired) electrons. The number of hydrogen-bond donors (Lipinski definition) is 1. The van der Waals surface area contributed by atoms with Crippen molar-refractivity contribution in [3.63, 3.8) is 0 Å². The zero-order valence-electron chi connectivity index (χ0n) is 12.4. The van der Waals surface area contributed by atoms with E-state index in [1.165, 1.54) is 0 Å². The minimum Gasteiger partial charge on any atom is -0.481 e. The average molecular weight is 284 g/mol. The van der Waals surface area contributed by atoms with Crippen molar-refractivity contribution in [3.8, 4) is 5.75 Å². The molecule has 110 valence electrons. The number of nitrogens with zero attached hydrogens (tertiary/aromatic N) is 1. The predicted molar refractivity (Wildman–Crippen MR) is 82.0 cm³/mol. The monoisotopic (exact) mass is 284 g/mol. The highest BCUT2D eigenvalue weighted by Gasteiger charge is 2.15. The number of aromatic nitrogens is 1. The van der Waals surface area contributed by atoms with E-state index in [1.807, 2.05) is 42.5 Å². The van der Waals surface area contributed by atoms with Crippen molar-refractivity contribution in [2.24, 2.45) is 0 Å². The Morgan fingerprint density at radius 3 is 2.71 bits per heavy atom. The van der Waals surface area contributed by atoms with E-state index in [0.29, 0.717) is 6.54 Å². The molecule has 1 aromatic carbocycles. The second-order valence-electron chi connectivity index (χ2n) is 4.76. The standard InChI is InChI=1S/C17H20N2O2/c1-3-14-8-4-5-10-16(14)21-13(2)17(20)19-12-15-9-6-7-11-18-15/h4-11,13H,3,12H2,1-2H3,(H,19,20)/t13-/m0/s1. The smallest absolute Gasteiger partial charge is 0.261 e. The first-order valence-corrected chi connectivity index (χ1v) is 7.13. The van der Waals surface area contributed by atoms with Gasteiger partial charge in [0.05, 0.1) is 12.2 Å². The van der Waals surface area contributed by atoms with Gasteiger partial charge in [0.2, 0.25) is 0 Å². The van der Waals surface area contributed by atoms with Gasteiger partial charge in [-0.1, -0.05) is 31.2 Å². The van der Waals surface area contributed by atoms with E-state index in [1.54, 1.807) is 13.1 Å². The molecule has 1 heterocycles. The van der Waals surface area contributed by atoms with Gasteiger partial charge in [-0.3, -0.25) is 9.78 Å². The molecule has 1 amide bonds. The number of rotatable bonds is 6. The molecule has 0 saturated heterocycles. The summed E-state index contributed by atoms with van der Waals surface area (Å²) >= 11 is 0. The Balaban J connectivity index is 1.90. The van der Waals surface area contributed by atoms with Gasteiger partial charge in [-0.25, -0.2) is 0 Å². The van der Waals surface area contributed by atoms with Gasteiger partial charge in [0, 0.05) is 6.20 Å². The molecule has 0 aliphatic rings. The zero-order chi connectivity index (χ0) is 15.1. The van der Waals surface area contributed by atoms with E-state index in [9.17, 15) is 4.79 Å². The lowest BCUT2D eigenvalue weighted by molar-refractivity contribution is -0.127. The van der Waals surface area contributed by atoms with Crippen LogP contribution < -0.4 is 10.1 Å². The van der Waals surface area contributed by atoms with Gasteiger partial charge in [0.15, 0.2) is 6.10 Å². The molecule has 1 aromatic heterocycles. The zero-order valence-corrected chi connectivity index (χ0v) is 12.4. The molecule has 21 heavy (non-hydrogen) atoms. The van der Waals surface area contributed by atoms with Crippen molar-refractivity contribution in [1.82, 2.24) is 10.3 Å². The van der Waals surface area contributed by atoms with Gasteiger partial charge < -0.3 is 10.1 Å². The summed E-state index contributed by atoms with van der Waals surface area (Å²) in [7, 11) is 0. The Morgan fingerprint density at radius 1 is 1.24 bits per heavy atom. The number of hydrogen-bond acceptors (Lipinski definition) is 3. The fourth-order valence-corrected chi connectivity index (χ4v) is 1.98. The fourth-order valence-electron chi connectivity index (χ4n) is 1.98. The van der Waals surface area contributed by atoms with Crippen LogP contribution >= 0.6 is 0 Å². The Morgan fingerprint density at radius 2 is 2.00 bits per heavy atom. The lowest BCUT2D eigenvalue weighted by atomic mass is 10.1. The van der Waals surface area contributed by atoms with Crippen molar-refractivity contribution >= 4 is 5.91 Å². The van der Waals surface area contributed by atoms with Crippen LogP contribution in [0.5, 0.6) is 5.75 Å². The van der Waals surface area contributed by atoms with Crippen LogP contribution in [0.1, 0.15) is 25.1 Å². The van der Waals surface area contributed by atoms with E-state index in [2.05, 4.69) is 17.2 Å². The molecular weight excluding hydrogens is 264 g/mol. The van der Waals surface area contributed by atoms with Crippen molar-refractivity contribution in [2.45, 2.75) is 32.9 Å². The third-order valence-corrected chi connectivity index (χ3v) is 3.20. The average Bonchev–Trinajstić information content (AvgIpc) is 2.54. The van der Waals surface area contributed by atoms with Gasteiger partial charge >= 0.3 is 0 Å². The minimum atomic E-state index is -0.540. The van der Waals surface area contributed by atoms with Crippen LogP contribution in [-0.4, -0.2) is 17.0 Å². The SMILES string of the molecule is CCc1ccccc1O[C@@H](C)C(=O)NCc1ccccn1. The van der Waals surface area contributed by atoms with Crippen LogP contribution in [0.2, 0.25) is 0 Å². The molecule has 0 aliphatic heterocycles. The van der Waals surface area contributed by atoms with Crippen LogP contribution in [0.3, 0.4) is 0 Å². The molecular formula is C17H20N2O2. The summed E-state index contributed by atoms with van der Waals surface area (Å²) in [5, 5.41) is 2.83. The predicted octanol–water partition coefficient (Wildman–Crippen LogP) is 2.73. The van der Waals surface area contributed by atoms with Crippen LogP contribution in [-0.2, 0) is 17.8 Å². The molecule has 0 aliphatic carbocycles. The number of ether oxygens (including phenoxy) is 1. The van der Waals surface area contributed by atoms with Crippen molar-refractivity contribution in [2.75, 3.05) is 0 Å². The number of carbonyl (C=O) groups is 1. The van der Waals surface area contributed by atoms with Gasteiger partial charge in [-0.05, 0) is 37.1 Å². The molecule has 4 nitrogen and oxygen atoms in total. The van der Waals surface area contributed by atoms with Crippen LogP contribution in [0.25, 0.3) is 0 Å². The summed E-state index contributed by atoms with van der Waals surface area (Å²) < 4.78 is 5.75. The number of amides is 1. The number of carbonyl (C=O) groups excluding carboxylic acids is 1. The molecule has 2 aromatic rings. The van der Waals surface area contributed by atoms with E-state index in [-0.39, 0.29) is 5.91 Å². The molecule has 1 atom stereocenters. The van der Waals surface area contributed by atoms with Crippen LogP contribution in [0.4, 0.5) is 0 Å². The molecule has 2 rings (SSSR count). The van der Waals surface area contributed by atoms with Crippen molar-refractivity contribution in [1.29, 1.82) is 0 Å². The maximum atomic E-state index is 12.1. The topological polar surface area (TPSA) is 51.2 Å². The third kappa shape index (κ3) is 4.31. The highest BCUT2D eigenvalue weighted by molar-refractivity contribution is 5.80. The van der Waals surface area contributed by atoms with Crippen LogP contribution in [0, 0.1) is 0 Å². The van der Waals surface area contributed by atoms with Gasteiger partial charge in [0.1, 0.15) is 5.75 Å². The first-order chi connectivity index (χ1) is 10.2. The number of aryl methyl sites for hydroxylation is 1. The number of nitrogens with one attached hydrogen (secondary N) is 1. The minimum absolute atomic E-state index is 0.147. The molecule has 4 heteroatoms. The Labute approximate surface area is 125 Å². The van der Waals surface area contributed by atoms with Crippen LogP contribution in [0.15, 0.2) is 48.7 Å². The van der Waals surface area contributed by atoms with E-state index in [4.69, 9.17) is 4.74 Å². The summed E-state index contributed by atoms with van der Waals surface area (Å²) in [5.74, 6) is 0.618. The molecule has 0 saturated carbocycles.